The predicted octanol–water partition coefficient (Wildman–Crippen LogP) is 4.00. The summed E-state index contributed by atoms with van der Waals surface area (Å²) >= 11 is 0. The van der Waals surface area contributed by atoms with Crippen LogP contribution in [0.3, 0.4) is 0 Å². The van der Waals surface area contributed by atoms with Crippen LogP contribution < -0.4 is 11.1 Å². The fraction of sp³-hybridized carbons (Fsp3) is 0.261. The second-order valence-electron chi connectivity index (χ2n) is 8.08. The second-order valence-corrected chi connectivity index (χ2v) is 8.08. The van der Waals surface area contributed by atoms with Gasteiger partial charge in [-0.05, 0) is 47.9 Å². The number of anilines is 1. The number of benzene rings is 2. The molecular weight excluding hydrogens is 334 g/mol. The number of fused-ring (bicyclic) bond motifs is 4. The lowest BCUT2D eigenvalue weighted by Gasteiger charge is -2.32. The van der Waals surface area contributed by atoms with E-state index >= 15 is 0 Å². The number of nitrogen functional groups attached to an aromatic ring is 1. The number of H-pyrrole nitrogens is 1. The highest BCUT2D eigenvalue weighted by Crippen LogP contribution is 2.44. The Hall–Kier alpha value is -2.85. The number of hydrogen-bond donors (Lipinski definition) is 3. The Labute approximate surface area is 158 Å². The van der Waals surface area contributed by atoms with Gasteiger partial charge in [-0.3, -0.25) is 4.79 Å². The normalized spacial score (nSPS) is 18.1. The van der Waals surface area contributed by atoms with E-state index in [2.05, 4.69) is 48.4 Å². The molecule has 4 nitrogen and oxygen atoms in total. The van der Waals surface area contributed by atoms with E-state index in [9.17, 15) is 4.79 Å². The molecule has 1 aromatic heterocycles. The molecule has 0 bridgehead atoms. The van der Waals surface area contributed by atoms with Crippen molar-refractivity contribution in [1.29, 1.82) is 0 Å². The van der Waals surface area contributed by atoms with Crippen molar-refractivity contribution in [3.8, 4) is 0 Å². The number of ketones is 1. The summed E-state index contributed by atoms with van der Waals surface area (Å²) in [6.07, 6.45) is 3.22. The lowest BCUT2D eigenvalue weighted by Crippen LogP contribution is -2.30. The van der Waals surface area contributed by atoms with Gasteiger partial charge in [-0.15, -0.1) is 0 Å². The van der Waals surface area contributed by atoms with Gasteiger partial charge in [0.25, 0.3) is 0 Å². The number of rotatable bonds is 1. The first kappa shape index (κ1) is 16.3. The van der Waals surface area contributed by atoms with Gasteiger partial charge in [0.2, 0.25) is 0 Å². The third kappa shape index (κ3) is 2.30. The average Bonchev–Trinajstić information content (AvgIpc) is 3.06. The minimum Gasteiger partial charge on any atom is -0.399 e. The molecule has 5 rings (SSSR count). The molecule has 0 unspecified atom stereocenters. The van der Waals surface area contributed by atoms with Crippen LogP contribution in [0.5, 0.6) is 0 Å². The zero-order valence-corrected chi connectivity index (χ0v) is 15.6. The van der Waals surface area contributed by atoms with E-state index in [-0.39, 0.29) is 11.2 Å². The molecule has 4 heteroatoms. The molecule has 0 fully saturated rings. The maximum Gasteiger partial charge on any atom is 0.195 e. The van der Waals surface area contributed by atoms with E-state index in [0.717, 1.165) is 58.4 Å². The van der Waals surface area contributed by atoms with Gasteiger partial charge < -0.3 is 16.0 Å². The number of nitrogens with one attached hydrogen (secondary N) is 2. The van der Waals surface area contributed by atoms with Gasteiger partial charge in [0.15, 0.2) is 5.78 Å². The largest absolute Gasteiger partial charge is 0.399 e. The van der Waals surface area contributed by atoms with E-state index in [4.69, 9.17) is 5.73 Å². The first-order valence-electron chi connectivity index (χ1n) is 9.48. The Balaban J connectivity index is 1.73. The van der Waals surface area contributed by atoms with Gasteiger partial charge in [0.05, 0.1) is 5.56 Å². The Morgan fingerprint density at radius 3 is 2.74 bits per heavy atom. The summed E-state index contributed by atoms with van der Waals surface area (Å²) in [6.45, 7) is 6.23. The SMILES string of the molecule is CC1(C)c2ccc(C3=CCNCC3)cc2C(=O)c2c1[nH]c1cc(N)ccc21. The first-order valence-corrected chi connectivity index (χ1v) is 9.48. The molecule has 4 N–H and O–H groups in total. The van der Waals surface area contributed by atoms with Crippen LogP contribution in [0.2, 0.25) is 0 Å². The van der Waals surface area contributed by atoms with Gasteiger partial charge >= 0.3 is 0 Å². The van der Waals surface area contributed by atoms with Crippen LogP contribution in [0.15, 0.2) is 42.5 Å². The van der Waals surface area contributed by atoms with E-state index < -0.39 is 0 Å². The van der Waals surface area contributed by atoms with Crippen LogP contribution in [-0.2, 0) is 5.41 Å². The summed E-state index contributed by atoms with van der Waals surface area (Å²) in [5, 5.41) is 4.30. The van der Waals surface area contributed by atoms with Crippen LogP contribution in [0.1, 0.15) is 53.0 Å². The smallest absolute Gasteiger partial charge is 0.195 e. The van der Waals surface area contributed by atoms with Crippen molar-refractivity contribution in [3.63, 3.8) is 0 Å². The zero-order chi connectivity index (χ0) is 18.8. The van der Waals surface area contributed by atoms with Crippen LogP contribution in [0.25, 0.3) is 16.5 Å². The Bertz CT molecular complexity index is 1130. The van der Waals surface area contributed by atoms with Crippen LogP contribution in [0, 0.1) is 0 Å². The minimum absolute atomic E-state index is 0.103. The summed E-state index contributed by atoms with van der Waals surface area (Å²) in [5.41, 5.74) is 13.5. The number of carbonyl (C=O) groups excluding carboxylic acids is 1. The number of hydrogen-bond acceptors (Lipinski definition) is 3. The van der Waals surface area contributed by atoms with Crippen molar-refractivity contribution < 1.29 is 4.79 Å². The van der Waals surface area contributed by atoms with Crippen molar-refractivity contribution >= 4 is 27.9 Å². The molecule has 0 spiro atoms. The van der Waals surface area contributed by atoms with Gasteiger partial charge in [-0.25, -0.2) is 0 Å². The minimum atomic E-state index is -0.270. The van der Waals surface area contributed by atoms with Gasteiger partial charge in [-0.1, -0.05) is 38.1 Å². The lowest BCUT2D eigenvalue weighted by atomic mass is 9.70. The topological polar surface area (TPSA) is 70.9 Å². The van der Waals surface area contributed by atoms with E-state index in [1.165, 1.54) is 5.57 Å². The molecule has 0 saturated carbocycles. The highest BCUT2D eigenvalue weighted by molar-refractivity contribution is 6.20. The van der Waals surface area contributed by atoms with Crippen molar-refractivity contribution in [2.24, 2.45) is 0 Å². The molecule has 1 aliphatic heterocycles. The maximum absolute atomic E-state index is 13.5. The van der Waals surface area contributed by atoms with E-state index in [0.29, 0.717) is 5.69 Å². The van der Waals surface area contributed by atoms with E-state index in [1.54, 1.807) is 0 Å². The summed E-state index contributed by atoms with van der Waals surface area (Å²) < 4.78 is 0. The number of nitrogens with two attached hydrogens (primary N) is 1. The third-order valence-corrected chi connectivity index (χ3v) is 6.05. The van der Waals surface area contributed by atoms with Crippen LogP contribution in [0.4, 0.5) is 5.69 Å². The fourth-order valence-corrected chi connectivity index (χ4v) is 4.55. The number of aromatic amines is 1. The Kier molecular flexibility index (Phi) is 3.37. The van der Waals surface area contributed by atoms with Crippen molar-refractivity contribution in [2.45, 2.75) is 25.7 Å². The first-order chi connectivity index (χ1) is 13.0. The van der Waals surface area contributed by atoms with Crippen LogP contribution in [-0.4, -0.2) is 23.9 Å². The standard InChI is InChI=1S/C23H23N3O/c1-23(2)18-6-3-14(13-7-9-25-10-8-13)11-17(18)21(27)20-16-5-4-15(24)12-19(16)26-22(20)23/h3-7,11-12,25-26H,8-10,24H2,1-2H3. The molecule has 1 aliphatic carbocycles. The molecular formula is C23H23N3O. The molecule has 2 aromatic carbocycles. The number of carbonyl (C=O) groups is 1. The molecule has 0 radical (unpaired) electrons. The second kappa shape index (κ2) is 5.57. The Morgan fingerprint density at radius 1 is 1.11 bits per heavy atom. The summed E-state index contributed by atoms with van der Waals surface area (Å²) in [7, 11) is 0. The van der Waals surface area contributed by atoms with Crippen LogP contribution >= 0.6 is 0 Å². The van der Waals surface area contributed by atoms with Crippen molar-refractivity contribution in [3.05, 3.63) is 70.4 Å². The predicted molar refractivity (Wildman–Crippen MR) is 110 cm³/mol. The third-order valence-electron chi connectivity index (χ3n) is 6.05. The maximum atomic E-state index is 13.5. The molecule has 0 amide bonds. The Morgan fingerprint density at radius 2 is 1.96 bits per heavy atom. The van der Waals surface area contributed by atoms with Gasteiger partial charge in [0.1, 0.15) is 0 Å². The molecule has 2 aliphatic rings. The highest BCUT2D eigenvalue weighted by Gasteiger charge is 2.39. The van der Waals surface area contributed by atoms with Gasteiger partial charge in [0, 0.05) is 39.8 Å². The molecule has 136 valence electrons. The molecule has 2 heterocycles. The monoisotopic (exact) mass is 357 g/mol. The summed E-state index contributed by atoms with van der Waals surface area (Å²) in [6, 6.07) is 12.1. The number of aromatic nitrogens is 1. The highest BCUT2D eigenvalue weighted by atomic mass is 16.1. The lowest BCUT2D eigenvalue weighted by molar-refractivity contribution is 0.103. The van der Waals surface area contributed by atoms with Gasteiger partial charge in [-0.2, -0.15) is 0 Å². The quantitative estimate of drug-likeness (QED) is 0.577. The van der Waals surface area contributed by atoms with Crippen molar-refractivity contribution in [2.75, 3.05) is 18.8 Å². The molecule has 0 saturated heterocycles. The molecule has 27 heavy (non-hydrogen) atoms. The summed E-state index contributed by atoms with van der Waals surface area (Å²) in [5.74, 6) is 0.103. The van der Waals surface area contributed by atoms with E-state index in [1.807, 2.05) is 18.2 Å². The molecule has 0 atom stereocenters. The van der Waals surface area contributed by atoms with Crippen molar-refractivity contribution in [1.82, 2.24) is 10.3 Å². The zero-order valence-electron chi connectivity index (χ0n) is 15.6. The average molecular weight is 357 g/mol. The fourth-order valence-electron chi connectivity index (χ4n) is 4.55. The molecule has 3 aromatic rings. The summed E-state index contributed by atoms with van der Waals surface area (Å²) in [4.78, 5) is 17.0.